The number of aromatic nitrogens is 1. The number of nitrogens with zero attached hydrogens (tertiary/aromatic N) is 2. The molecule has 1 aliphatic rings. The summed E-state index contributed by atoms with van der Waals surface area (Å²) >= 11 is 1.51. The first-order valence-corrected chi connectivity index (χ1v) is 7.56. The minimum absolute atomic E-state index is 0.000926. The molecule has 2 rings (SSSR count). The molecule has 6 nitrogen and oxygen atoms in total. The molecule has 0 aliphatic carbocycles. The number of esters is 1. The fourth-order valence-electron chi connectivity index (χ4n) is 2.26. The first-order valence-electron chi connectivity index (χ1n) is 6.74. The highest BCUT2D eigenvalue weighted by molar-refractivity contribution is 7.15. The van der Waals surface area contributed by atoms with E-state index in [4.69, 9.17) is 15.2 Å². The summed E-state index contributed by atoms with van der Waals surface area (Å²) in [6.45, 7) is 5.56. The van der Waals surface area contributed by atoms with Gasteiger partial charge in [0.2, 0.25) is 0 Å². The normalized spacial score (nSPS) is 22.9. The second-order valence-electron chi connectivity index (χ2n) is 4.79. The third kappa shape index (κ3) is 3.11. The number of hydrogen-bond acceptors (Lipinski definition) is 7. The van der Waals surface area contributed by atoms with E-state index in [9.17, 15) is 4.79 Å². The van der Waals surface area contributed by atoms with Crippen molar-refractivity contribution >= 4 is 22.4 Å². The lowest BCUT2D eigenvalue weighted by atomic mass is 10.0. The minimum atomic E-state index is -0.357. The van der Waals surface area contributed by atoms with Crippen molar-refractivity contribution in [2.45, 2.75) is 32.4 Å². The molecule has 1 aromatic heterocycles. The van der Waals surface area contributed by atoms with Crippen molar-refractivity contribution in [3.63, 3.8) is 0 Å². The van der Waals surface area contributed by atoms with Gasteiger partial charge in [-0.2, -0.15) is 0 Å². The first-order chi connectivity index (χ1) is 9.56. The van der Waals surface area contributed by atoms with E-state index in [1.807, 2.05) is 6.92 Å². The molecule has 0 radical (unpaired) electrons. The number of piperidine rings is 1. The van der Waals surface area contributed by atoms with Crippen LogP contribution in [-0.2, 0) is 9.47 Å². The van der Waals surface area contributed by atoms with E-state index in [-0.39, 0.29) is 18.1 Å². The summed E-state index contributed by atoms with van der Waals surface area (Å²) in [6, 6.07) is 0.0573. The molecular weight excluding hydrogens is 278 g/mol. The number of hydrogen-bond donors (Lipinski definition) is 1. The van der Waals surface area contributed by atoms with Crippen molar-refractivity contribution in [1.82, 2.24) is 4.98 Å². The van der Waals surface area contributed by atoms with E-state index in [2.05, 4.69) is 9.88 Å². The van der Waals surface area contributed by atoms with Gasteiger partial charge in [-0.05, 0) is 20.3 Å². The van der Waals surface area contributed by atoms with Gasteiger partial charge in [0.1, 0.15) is 0 Å². The fourth-order valence-corrected chi connectivity index (χ4v) is 3.20. The van der Waals surface area contributed by atoms with Crippen LogP contribution < -0.4 is 10.6 Å². The number of ether oxygens (including phenoxy) is 2. The quantitative estimate of drug-likeness (QED) is 0.841. The van der Waals surface area contributed by atoms with Gasteiger partial charge in [0.15, 0.2) is 10.8 Å². The van der Waals surface area contributed by atoms with Crippen LogP contribution in [0.4, 0.5) is 5.13 Å². The molecule has 1 aromatic rings. The van der Waals surface area contributed by atoms with Crippen molar-refractivity contribution < 1.29 is 14.3 Å². The molecule has 20 heavy (non-hydrogen) atoms. The Morgan fingerprint density at radius 3 is 3.00 bits per heavy atom. The molecule has 0 spiro atoms. The summed E-state index contributed by atoms with van der Waals surface area (Å²) in [5.41, 5.74) is 6.42. The maximum absolute atomic E-state index is 11.8. The summed E-state index contributed by atoms with van der Waals surface area (Å²) in [4.78, 5) is 19.2. The van der Waals surface area contributed by atoms with E-state index in [1.165, 1.54) is 11.3 Å². The van der Waals surface area contributed by atoms with Crippen LogP contribution in [0.3, 0.4) is 0 Å². The Kier molecular flexibility index (Phi) is 4.95. The van der Waals surface area contributed by atoms with Crippen molar-refractivity contribution in [3.8, 4) is 0 Å². The maximum Gasteiger partial charge on any atom is 0.358 e. The molecule has 1 aliphatic heterocycles. The molecular formula is C13H21N3O3S. The average Bonchev–Trinajstić information content (AvgIpc) is 2.82. The van der Waals surface area contributed by atoms with Crippen LogP contribution in [-0.4, -0.2) is 49.9 Å². The molecule has 0 aromatic carbocycles. The van der Waals surface area contributed by atoms with Crippen molar-refractivity contribution in [2.24, 2.45) is 5.73 Å². The summed E-state index contributed by atoms with van der Waals surface area (Å²) in [5, 5.41) is 0.833. The second kappa shape index (κ2) is 6.51. The summed E-state index contributed by atoms with van der Waals surface area (Å²) in [5.74, 6) is -0.357. The standard InChI is InChI=1S/C13H21N3O3S/c1-4-19-12(17)11-8(2)20-13(15-11)16-6-5-9(14)10(7-16)18-3/h9-10H,4-7,14H2,1-3H3/t9-,10+/m0/s1. The number of nitrogens with two attached hydrogens (primary N) is 1. The Balaban J connectivity index is 2.13. The zero-order chi connectivity index (χ0) is 14.7. The van der Waals surface area contributed by atoms with E-state index in [0.29, 0.717) is 18.8 Å². The van der Waals surface area contributed by atoms with Gasteiger partial charge in [0.05, 0.1) is 12.7 Å². The van der Waals surface area contributed by atoms with Crippen LogP contribution in [0.2, 0.25) is 0 Å². The SMILES string of the molecule is CCOC(=O)c1nc(N2CC[C@H](N)[C@H](OC)C2)sc1C. The number of aryl methyl sites for hydroxylation is 1. The molecule has 0 saturated carbocycles. The van der Waals surface area contributed by atoms with Crippen molar-refractivity contribution in [3.05, 3.63) is 10.6 Å². The van der Waals surface area contributed by atoms with Crippen LogP contribution in [0.25, 0.3) is 0 Å². The van der Waals surface area contributed by atoms with Gasteiger partial charge < -0.3 is 20.1 Å². The number of carbonyl (C=O) groups excluding carboxylic acids is 1. The molecule has 1 saturated heterocycles. The number of methoxy groups -OCH3 is 1. The summed E-state index contributed by atoms with van der Waals surface area (Å²) in [6.07, 6.45) is 0.852. The van der Waals surface area contributed by atoms with Crippen molar-refractivity contribution in [2.75, 3.05) is 31.7 Å². The maximum atomic E-state index is 11.8. The number of rotatable bonds is 4. The molecule has 2 N–H and O–H groups in total. The Morgan fingerprint density at radius 2 is 2.35 bits per heavy atom. The highest BCUT2D eigenvalue weighted by Gasteiger charge is 2.29. The predicted molar refractivity (Wildman–Crippen MR) is 78.4 cm³/mol. The van der Waals surface area contributed by atoms with Crippen LogP contribution in [0.15, 0.2) is 0 Å². The first kappa shape index (κ1) is 15.2. The second-order valence-corrected chi connectivity index (χ2v) is 5.98. The molecule has 2 atom stereocenters. The lowest BCUT2D eigenvalue weighted by molar-refractivity contribution is 0.0519. The van der Waals surface area contributed by atoms with E-state index >= 15 is 0 Å². The van der Waals surface area contributed by atoms with Gasteiger partial charge in [-0.1, -0.05) is 0 Å². The Bertz CT molecular complexity index is 477. The Morgan fingerprint density at radius 1 is 1.60 bits per heavy atom. The topological polar surface area (TPSA) is 77.7 Å². The van der Waals surface area contributed by atoms with Crippen LogP contribution >= 0.6 is 11.3 Å². The molecule has 0 bridgehead atoms. The van der Waals surface area contributed by atoms with Crippen LogP contribution in [0.5, 0.6) is 0 Å². The van der Waals surface area contributed by atoms with Gasteiger partial charge in [-0.3, -0.25) is 0 Å². The third-order valence-corrected chi connectivity index (χ3v) is 4.47. The zero-order valence-corrected chi connectivity index (χ0v) is 12.9. The van der Waals surface area contributed by atoms with E-state index in [0.717, 1.165) is 23.0 Å². The molecule has 0 amide bonds. The van der Waals surface area contributed by atoms with E-state index in [1.54, 1.807) is 14.0 Å². The highest BCUT2D eigenvalue weighted by Crippen LogP contribution is 2.28. The van der Waals surface area contributed by atoms with E-state index < -0.39 is 0 Å². The van der Waals surface area contributed by atoms with Crippen LogP contribution in [0.1, 0.15) is 28.7 Å². The Hall–Kier alpha value is -1.18. The average molecular weight is 299 g/mol. The highest BCUT2D eigenvalue weighted by atomic mass is 32.1. The summed E-state index contributed by atoms with van der Waals surface area (Å²) in [7, 11) is 1.67. The monoisotopic (exact) mass is 299 g/mol. The smallest absolute Gasteiger partial charge is 0.358 e. The van der Waals surface area contributed by atoms with Crippen LogP contribution in [0, 0.1) is 6.92 Å². The molecule has 7 heteroatoms. The third-order valence-electron chi connectivity index (χ3n) is 3.44. The van der Waals surface area contributed by atoms with Gasteiger partial charge >= 0.3 is 5.97 Å². The minimum Gasteiger partial charge on any atom is -0.461 e. The van der Waals surface area contributed by atoms with Crippen molar-refractivity contribution in [1.29, 1.82) is 0 Å². The number of thiazole rings is 1. The molecule has 112 valence electrons. The lowest BCUT2D eigenvalue weighted by Crippen LogP contribution is -2.51. The number of anilines is 1. The Labute approximate surface area is 122 Å². The van der Waals surface area contributed by atoms with Gasteiger partial charge in [-0.15, -0.1) is 11.3 Å². The molecule has 1 fully saturated rings. The molecule has 0 unspecified atom stereocenters. The largest absolute Gasteiger partial charge is 0.461 e. The zero-order valence-electron chi connectivity index (χ0n) is 12.1. The van der Waals surface area contributed by atoms with Gasteiger partial charge in [0.25, 0.3) is 0 Å². The number of carbonyl (C=O) groups is 1. The fraction of sp³-hybridized carbons (Fsp3) is 0.692. The van der Waals surface area contributed by atoms with Gasteiger partial charge in [-0.25, -0.2) is 9.78 Å². The lowest BCUT2D eigenvalue weighted by Gasteiger charge is -2.35. The van der Waals surface area contributed by atoms with Gasteiger partial charge in [0, 0.05) is 31.1 Å². The predicted octanol–water partition coefficient (Wildman–Crippen LogP) is 1.18. The molecule has 2 heterocycles. The summed E-state index contributed by atoms with van der Waals surface area (Å²) < 4.78 is 10.4.